The summed E-state index contributed by atoms with van der Waals surface area (Å²) < 4.78 is 26.8. The van der Waals surface area contributed by atoms with Crippen LogP contribution >= 0.6 is 0 Å². The molecule has 0 spiro atoms. The maximum Gasteiger partial charge on any atom is 0.282 e. The van der Waals surface area contributed by atoms with E-state index in [0.717, 1.165) is 5.56 Å². The zero-order valence-corrected chi connectivity index (χ0v) is 10.1. The Balaban J connectivity index is 2.21. The van der Waals surface area contributed by atoms with E-state index in [9.17, 15) is 8.78 Å². The molecule has 0 saturated carbocycles. The zero-order chi connectivity index (χ0) is 13.4. The first-order valence-corrected chi connectivity index (χ1v) is 5.71. The van der Waals surface area contributed by atoms with Crippen molar-refractivity contribution in [3.05, 3.63) is 47.9 Å². The number of nitrogens with zero attached hydrogens (tertiary/aromatic N) is 4. The summed E-state index contributed by atoms with van der Waals surface area (Å²) in [5.74, 6) is 0. The molecule has 0 aliphatic heterocycles. The van der Waals surface area contributed by atoms with E-state index in [1.54, 1.807) is 12.4 Å². The van der Waals surface area contributed by atoms with Crippen molar-refractivity contribution in [1.29, 1.82) is 0 Å². The molecule has 0 N–H and O–H groups in total. The predicted octanol–water partition coefficient (Wildman–Crippen LogP) is 3.04. The molecule has 0 aliphatic carbocycles. The molecule has 0 aromatic carbocycles. The van der Waals surface area contributed by atoms with Crippen LogP contribution in [0, 0.1) is 6.92 Å². The lowest BCUT2D eigenvalue weighted by molar-refractivity contribution is 0.144. The molecule has 0 radical (unpaired) electrons. The maximum absolute atomic E-state index is 12.7. The highest BCUT2D eigenvalue weighted by molar-refractivity contribution is 5.59. The molecule has 3 aromatic heterocycles. The van der Waals surface area contributed by atoms with Crippen LogP contribution in [0.2, 0.25) is 0 Å². The molecule has 3 rings (SSSR count). The van der Waals surface area contributed by atoms with Gasteiger partial charge in [0.1, 0.15) is 11.4 Å². The van der Waals surface area contributed by atoms with Gasteiger partial charge >= 0.3 is 0 Å². The third-order valence-electron chi connectivity index (χ3n) is 2.78. The van der Waals surface area contributed by atoms with Gasteiger partial charge in [0, 0.05) is 6.20 Å². The first-order valence-electron chi connectivity index (χ1n) is 5.71. The van der Waals surface area contributed by atoms with E-state index >= 15 is 0 Å². The number of hydrogen-bond acceptors (Lipinski definition) is 3. The van der Waals surface area contributed by atoms with Gasteiger partial charge in [0.2, 0.25) is 0 Å². The summed E-state index contributed by atoms with van der Waals surface area (Å²) in [6.45, 7) is 1.94. The Labute approximate surface area is 107 Å². The highest BCUT2D eigenvalue weighted by atomic mass is 19.3. The summed E-state index contributed by atoms with van der Waals surface area (Å²) in [7, 11) is 0. The minimum Gasteiger partial charge on any atom is -0.255 e. The van der Waals surface area contributed by atoms with Gasteiger partial charge in [-0.3, -0.25) is 4.98 Å². The first-order chi connectivity index (χ1) is 9.15. The van der Waals surface area contributed by atoms with Crippen LogP contribution in [0.1, 0.15) is 17.7 Å². The van der Waals surface area contributed by atoms with Crippen LogP contribution in [-0.4, -0.2) is 19.6 Å². The molecular weight excluding hydrogens is 250 g/mol. The number of aromatic nitrogens is 4. The van der Waals surface area contributed by atoms with Crippen LogP contribution < -0.4 is 0 Å². The SMILES string of the molecule is Cc1ccnc(-c2cnc3ccc(C(F)F)nn23)c1. The number of halogens is 2. The van der Waals surface area contributed by atoms with E-state index in [2.05, 4.69) is 15.1 Å². The monoisotopic (exact) mass is 260 g/mol. The smallest absolute Gasteiger partial charge is 0.255 e. The topological polar surface area (TPSA) is 43.1 Å². The Morgan fingerprint density at radius 1 is 1.16 bits per heavy atom. The Hall–Kier alpha value is -2.37. The maximum atomic E-state index is 12.7. The van der Waals surface area contributed by atoms with Crippen molar-refractivity contribution >= 4 is 5.65 Å². The highest BCUT2D eigenvalue weighted by Crippen LogP contribution is 2.21. The average molecular weight is 260 g/mol. The van der Waals surface area contributed by atoms with Crippen LogP contribution in [0.3, 0.4) is 0 Å². The molecule has 3 heterocycles. The predicted molar refractivity (Wildman–Crippen MR) is 65.9 cm³/mol. The molecule has 0 amide bonds. The second-order valence-corrected chi connectivity index (χ2v) is 4.19. The van der Waals surface area contributed by atoms with Gasteiger partial charge in [-0.25, -0.2) is 18.3 Å². The first kappa shape index (κ1) is 11.7. The van der Waals surface area contributed by atoms with Gasteiger partial charge in [-0.15, -0.1) is 0 Å². The molecule has 0 aliphatic rings. The number of hydrogen-bond donors (Lipinski definition) is 0. The average Bonchev–Trinajstić information content (AvgIpc) is 2.81. The van der Waals surface area contributed by atoms with Gasteiger partial charge in [-0.2, -0.15) is 5.10 Å². The molecule has 96 valence electrons. The van der Waals surface area contributed by atoms with E-state index in [4.69, 9.17) is 0 Å². The molecular formula is C13H10F2N4. The van der Waals surface area contributed by atoms with Crippen molar-refractivity contribution in [3.8, 4) is 11.4 Å². The van der Waals surface area contributed by atoms with E-state index in [-0.39, 0.29) is 5.69 Å². The molecule has 0 bridgehead atoms. The van der Waals surface area contributed by atoms with Crippen LogP contribution in [0.4, 0.5) is 8.78 Å². The lowest BCUT2D eigenvalue weighted by Crippen LogP contribution is -2.00. The third-order valence-corrected chi connectivity index (χ3v) is 2.78. The molecule has 6 heteroatoms. The second-order valence-electron chi connectivity index (χ2n) is 4.19. The van der Waals surface area contributed by atoms with Crippen molar-refractivity contribution in [2.24, 2.45) is 0 Å². The van der Waals surface area contributed by atoms with Gasteiger partial charge in [0.05, 0.1) is 11.9 Å². The highest BCUT2D eigenvalue weighted by Gasteiger charge is 2.13. The Morgan fingerprint density at radius 3 is 2.74 bits per heavy atom. The summed E-state index contributed by atoms with van der Waals surface area (Å²) in [6.07, 6.45) is 0.644. The summed E-state index contributed by atoms with van der Waals surface area (Å²) in [6, 6.07) is 6.53. The summed E-state index contributed by atoms with van der Waals surface area (Å²) in [5, 5.41) is 3.90. The van der Waals surface area contributed by atoms with E-state index in [1.165, 1.54) is 16.6 Å². The molecule has 3 aromatic rings. The minimum absolute atomic E-state index is 0.278. The molecule has 4 nitrogen and oxygen atoms in total. The van der Waals surface area contributed by atoms with Crippen LogP contribution in [0.5, 0.6) is 0 Å². The van der Waals surface area contributed by atoms with E-state index < -0.39 is 6.43 Å². The fourth-order valence-corrected chi connectivity index (χ4v) is 1.85. The van der Waals surface area contributed by atoms with Gasteiger partial charge in [-0.05, 0) is 36.8 Å². The van der Waals surface area contributed by atoms with Crippen molar-refractivity contribution in [3.63, 3.8) is 0 Å². The van der Waals surface area contributed by atoms with Crippen molar-refractivity contribution < 1.29 is 8.78 Å². The van der Waals surface area contributed by atoms with Gasteiger partial charge in [0.25, 0.3) is 6.43 Å². The molecule has 0 atom stereocenters. The fourth-order valence-electron chi connectivity index (χ4n) is 1.85. The Kier molecular flexibility index (Phi) is 2.70. The number of imidazole rings is 1. The van der Waals surface area contributed by atoms with Crippen LogP contribution in [0.15, 0.2) is 36.7 Å². The van der Waals surface area contributed by atoms with Gasteiger partial charge in [-0.1, -0.05) is 0 Å². The Bertz CT molecular complexity index is 736. The van der Waals surface area contributed by atoms with Gasteiger partial charge < -0.3 is 0 Å². The molecule has 0 saturated heterocycles. The standard InChI is InChI=1S/C13H10F2N4/c1-8-4-5-16-10(6-8)11-7-17-12-3-2-9(13(14)15)18-19(11)12/h2-7,13H,1H3. The summed E-state index contributed by atoms with van der Waals surface area (Å²) in [4.78, 5) is 8.36. The van der Waals surface area contributed by atoms with Crippen LogP contribution in [0.25, 0.3) is 17.0 Å². The second kappa shape index (κ2) is 4.38. The van der Waals surface area contributed by atoms with Crippen LogP contribution in [-0.2, 0) is 0 Å². The summed E-state index contributed by atoms with van der Waals surface area (Å²) in [5.41, 5.74) is 2.53. The molecule has 0 fully saturated rings. The van der Waals surface area contributed by atoms with Crippen molar-refractivity contribution in [2.75, 3.05) is 0 Å². The van der Waals surface area contributed by atoms with E-state index in [1.807, 2.05) is 19.1 Å². The number of fused-ring (bicyclic) bond motifs is 1. The summed E-state index contributed by atoms with van der Waals surface area (Å²) >= 11 is 0. The quantitative estimate of drug-likeness (QED) is 0.711. The number of aryl methyl sites for hydroxylation is 1. The number of rotatable bonds is 2. The van der Waals surface area contributed by atoms with Crippen molar-refractivity contribution in [2.45, 2.75) is 13.3 Å². The van der Waals surface area contributed by atoms with Gasteiger partial charge in [0.15, 0.2) is 5.65 Å². The largest absolute Gasteiger partial charge is 0.282 e. The third kappa shape index (κ3) is 2.05. The normalized spacial score (nSPS) is 11.4. The van der Waals surface area contributed by atoms with Crippen molar-refractivity contribution in [1.82, 2.24) is 19.6 Å². The van der Waals surface area contributed by atoms with E-state index in [0.29, 0.717) is 17.0 Å². The molecule has 19 heavy (non-hydrogen) atoms. The Morgan fingerprint density at radius 2 is 2.00 bits per heavy atom. The number of pyridine rings is 1. The lowest BCUT2D eigenvalue weighted by atomic mass is 10.2. The number of alkyl halides is 2. The minimum atomic E-state index is -2.61. The lowest BCUT2D eigenvalue weighted by Gasteiger charge is -2.03. The molecule has 0 unspecified atom stereocenters. The zero-order valence-electron chi connectivity index (χ0n) is 10.1. The fraction of sp³-hybridized carbons (Fsp3) is 0.154.